The van der Waals surface area contributed by atoms with Gasteiger partial charge in [-0.1, -0.05) is 49.5 Å². The predicted molar refractivity (Wildman–Crippen MR) is 273 cm³/mol. The van der Waals surface area contributed by atoms with Crippen molar-refractivity contribution in [2.24, 2.45) is 5.92 Å². The Morgan fingerprint density at radius 2 is 1.82 bits per heavy atom. The number of nitrogens with one attached hydrogen (secondary N) is 1. The summed E-state index contributed by atoms with van der Waals surface area (Å²) in [7, 11) is 1.59. The molecule has 1 amide bonds. The minimum Gasteiger partial charge on any atom is -0.506 e. The van der Waals surface area contributed by atoms with Crippen molar-refractivity contribution in [3.05, 3.63) is 110 Å². The van der Waals surface area contributed by atoms with Gasteiger partial charge in [0.1, 0.15) is 41.7 Å². The molecule has 5 aliphatic carbocycles. The van der Waals surface area contributed by atoms with E-state index in [1.807, 2.05) is 24.4 Å². The minimum atomic E-state index is -2.47. The van der Waals surface area contributed by atoms with Crippen molar-refractivity contribution in [2.45, 2.75) is 144 Å². The molecule has 0 radical (unpaired) electrons. The molecule has 4 aliphatic heterocycles. The van der Waals surface area contributed by atoms with E-state index in [4.69, 9.17) is 23.7 Å². The van der Waals surface area contributed by atoms with Crippen LogP contribution in [0.5, 0.6) is 17.2 Å². The number of phenols is 1. The van der Waals surface area contributed by atoms with Gasteiger partial charge in [0.25, 0.3) is 5.91 Å². The molecule has 74 heavy (non-hydrogen) atoms. The molecule has 9 unspecified atom stereocenters. The molecule has 6 N–H and O–H groups in total. The third-order valence-corrected chi connectivity index (χ3v) is 18.5. The lowest BCUT2D eigenvalue weighted by atomic mass is 9.69. The summed E-state index contributed by atoms with van der Waals surface area (Å²) < 4.78 is 33.1. The van der Waals surface area contributed by atoms with Crippen LogP contribution in [-0.2, 0) is 40.0 Å². The lowest BCUT2D eigenvalue weighted by molar-refractivity contribution is -0.328. The number of carbonyl (C=O) groups is 2. The number of H-pyrrole nitrogens is 1. The van der Waals surface area contributed by atoms with E-state index < -0.39 is 54.3 Å². The first kappa shape index (κ1) is 46.4. The van der Waals surface area contributed by atoms with Gasteiger partial charge in [0.15, 0.2) is 17.5 Å². The number of nitrogens with zero attached hydrogens (tertiary/aromatic N) is 1. The molecule has 5 aromatic rings. The zero-order valence-electron chi connectivity index (χ0n) is 41.4. The average Bonchev–Trinajstić information content (AvgIpc) is 4.28. The Kier molecular flexibility index (Phi) is 10.8. The molecule has 9 atom stereocenters. The van der Waals surface area contributed by atoms with E-state index in [9.17, 15) is 30.3 Å². The number of methoxy groups -OCH3 is 1. The van der Waals surface area contributed by atoms with Gasteiger partial charge >= 0.3 is 0 Å². The first-order valence-electron chi connectivity index (χ1n) is 26.7. The molecule has 14 nitrogen and oxygen atoms in total. The number of amides is 1. The van der Waals surface area contributed by atoms with Crippen LogP contribution >= 0.6 is 0 Å². The van der Waals surface area contributed by atoms with Crippen LogP contribution in [0, 0.1) is 17.9 Å². The number of phenolic OH excluding ortho intramolecular Hbond substituents is 1. The van der Waals surface area contributed by atoms with Crippen molar-refractivity contribution < 1.29 is 58.8 Å². The normalized spacial score (nSPS) is 30.2. The summed E-state index contributed by atoms with van der Waals surface area (Å²) >= 11 is 0. The Balaban J connectivity index is 1.00. The maximum absolute atomic E-state index is 15.4. The Morgan fingerprint density at radius 3 is 2.66 bits per heavy atom. The molecule has 3 fully saturated rings. The predicted octanol–water partition coefficient (Wildman–Crippen LogP) is 7.70. The second-order valence-electron chi connectivity index (χ2n) is 22.5. The van der Waals surface area contributed by atoms with E-state index in [-0.39, 0.29) is 72.2 Å². The number of Topliss-reactive ketones (excluding diaryl/α,β-unsaturated/α-hetero) is 1. The highest BCUT2D eigenvalue weighted by Crippen LogP contribution is 2.60. The van der Waals surface area contributed by atoms with Crippen molar-refractivity contribution >= 4 is 45.0 Å². The number of ketones is 1. The van der Waals surface area contributed by atoms with Gasteiger partial charge < -0.3 is 59.1 Å². The molecule has 0 spiro atoms. The van der Waals surface area contributed by atoms with E-state index >= 15 is 4.79 Å². The van der Waals surface area contributed by atoms with Crippen LogP contribution in [-0.4, -0.2) is 110 Å². The molecule has 382 valence electrons. The molecule has 1 aromatic heterocycles. The number of allylic oxidation sites excluding steroid dienone is 2. The van der Waals surface area contributed by atoms with E-state index in [0.717, 1.165) is 114 Å². The van der Waals surface area contributed by atoms with E-state index in [2.05, 4.69) is 35.2 Å². The molecule has 5 heterocycles. The fourth-order valence-corrected chi connectivity index (χ4v) is 14.9. The zero-order valence-corrected chi connectivity index (χ0v) is 41.4. The second-order valence-corrected chi connectivity index (χ2v) is 22.5. The highest BCUT2D eigenvalue weighted by Gasteiger charge is 2.59. The van der Waals surface area contributed by atoms with Gasteiger partial charge in [-0.05, 0) is 139 Å². The number of aryl methyl sites for hydroxylation is 2. The summed E-state index contributed by atoms with van der Waals surface area (Å²) in [6.07, 6.45) is 14.0. The third kappa shape index (κ3) is 6.86. The number of aromatic hydroxyl groups is 1. The maximum atomic E-state index is 15.4. The van der Waals surface area contributed by atoms with Gasteiger partial charge in [-0.25, -0.2) is 0 Å². The quantitative estimate of drug-likeness (QED) is 0.0940. The van der Waals surface area contributed by atoms with E-state index in [1.165, 1.54) is 16.0 Å². The molecule has 14 rings (SSSR count). The molecule has 14 heteroatoms. The summed E-state index contributed by atoms with van der Waals surface area (Å²) in [6, 6.07) is 9.83. The van der Waals surface area contributed by atoms with Crippen molar-refractivity contribution in [1.29, 1.82) is 0 Å². The summed E-state index contributed by atoms with van der Waals surface area (Å²) in [5.41, 5.74) is 7.03. The van der Waals surface area contributed by atoms with Crippen molar-refractivity contribution in [2.75, 3.05) is 26.9 Å². The number of rotatable bonds is 5. The number of hydrogen-bond acceptors (Lipinski definition) is 12. The summed E-state index contributed by atoms with van der Waals surface area (Å²) in [6.45, 7) is -1.36. The lowest BCUT2D eigenvalue weighted by Crippen LogP contribution is -2.70. The van der Waals surface area contributed by atoms with Crippen molar-refractivity contribution in [3.8, 4) is 29.3 Å². The first-order valence-corrected chi connectivity index (χ1v) is 26.7. The number of aliphatic hydroxyl groups is 4. The average molecular weight is 1000 g/mol. The molecule has 8 bridgehead atoms. The highest BCUT2D eigenvalue weighted by molar-refractivity contribution is 6.17. The number of carbonyl (C=O) groups excluding carboxylic acids is 2. The number of ether oxygens (including phenoxy) is 5. The monoisotopic (exact) mass is 1000 g/mol. The number of fused-ring (bicyclic) bond motifs is 9. The van der Waals surface area contributed by atoms with Crippen LogP contribution in [0.4, 0.5) is 0 Å². The van der Waals surface area contributed by atoms with E-state index in [1.54, 1.807) is 19.2 Å². The largest absolute Gasteiger partial charge is 0.506 e. The smallest absolute Gasteiger partial charge is 0.254 e. The molecule has 9 aliphatic rings. The van der Waals surface area contributed by atoms with Gasteiger partial charge in [-0.15, -0.1) is 0 Å². The van der Waals surface area contributed by atoms with Crippen LogP contribution < -0.4 is 9.47 Å². The third-order valence-electron chi connectivity index (χ3n) is 18.5. The number of hydrogen-bond donors (Lipinski definition) is 6. The fraction of sp³-hybridized carbons (Fsp3) is 0.467. The van der Waals surface area contributed by atoms with Gasteiger partial charge in [0, 0.05) is 52.1 Å². The van der Waals surface area contributed by atoms with Gasteiger partial charge in [0.2, 0.25) is 6.29 Å². The standard InChI is InChI=1S/C60H60N2O12/c1-70-54-37-15-14-33-21-31-8-5-10-35(31)48-47(33)49(37)51-53(66)50(48)44(64)27-62-26-42-30(7-4-11-36(42)57(62)67)9-6-20-71-56-52(65)46-28-72-45(17-16-38(54)55(51)74-58(73-46)60(56,69)29-63)41-25-61-43-22-32-12-13-34(39(32)23-40(41)43)24-59(68)18-2-3-19-59/h4,7,11,16-17,21-23,25,31,34-35,45-46,52,56,58,61,63,65-66,68-69H,2-3,5,8-10,12-15,18-19,24,26-29H2,1H3. The van der Waals surface area contributed by atoms with E-state index in [0.29, 0.717) is 35.1 Å². The molecule has 2 saturated carbocycles. The summed E-state index contributed by atoms with van der Waals surface area (Å²) in [5, 5.41) is 63.0. The van der Waals surface area contributed by atoms with Gasteiger partial charge in [-0.3, -0.25) is 9.59 Å². The number of benzene rings is 4. The van der Waals surface area contributed by atoms with Crippen LogP contribution in [0.25, 0.3) is 33.3 Å². The van der Waals surface area contributed by atoms with Crippen molar-refractivity contribution in [1.82, 2.24) is 9.88 Å². The molecule has 1 saturated heterocycles. The van der Waals surface area contributed by atoms with Crippen LogP contribution in [0.15, 0.2) is 48.7 Å². The Bertz CT molecular complexity index is 3370. The number of aromatic amines is 1. The van der Waals surface area contributed by atoms with Gasteiger partial charge in [-0.2, -0.15) is 0 Å². The minimum absolute atomic E-state index is 0.0124. The number of aliphatic hydroxyl groups excluding tert-OH is 2. The van der Waals surface area contributed by atoms with Crippen LogP contribution in [0.1, 0.15) is 153 Å². The SMILES string of the molecule is COc1c2c3c4c(O)c(c5c6c4c1CCC6=CC1CCCC51)C(=O)CN1Cc4c(cccc4C1=O)CC#COC1C(O)C(COC(c4c[nH]c5cc6c(cc45)C(CC4(O)CCCC4)CC6)C=C2)OC(O3)C1(O)CO. The van der Waals surface area contributed by atoms with Crippen molar-refractivity contribution in [3.63, 3.8) is 0 Å². The first-order chi connectivity index (χ1) is 35.9. The second kappa shape index (κ2) is 17.2. The fourth-order valence-electron chi connectivity index (χ4n) is 14.9. The van der Waals surface area contributed by atoms with Crippen LogP contribution in [0.2, 0.25) is 0 Å². The molecular formula is C60H60N2O12. The topological polar surface area (TPSA) is 200 Å². The summed E-state index contributed by atoms with van der Waals surface area (Å²) in [5.74, 6) is 2.76. The van der Waals surface area contributed by atoms with Crippen LogP contribution in [0.3, 0.4) is 0 Å². The molecular weight excluding hydrogens is 941 g/mol. The maximum Gasteiger partial charge on any atom is 0.254 e. The Hall–Kier alpha value is -6.18. The molecule has 4 aromatic carbocycles. The Morgan fingerprint density at radius 1 is 0.959 bits per heavy atom. The number of aromatic nitrogens is 1. The highest BCUT2D eigenvalue weighted by atomic mass is 16.7. The summed E-state index contributed by atoms with van der Waals surface area (Å²) in [4.78, 5) is 34.7. The Labute approximate surface area is 427 Å². The van der Waals surface area contributed by atoms with Gasteiger partial charge in [0.05, 0.1) is 49.0 Å². The zero-order chi connectivity index (χ0) is 50.4. The lowest BCUT2D eigenvalue weighted by Gasteiger charge is -2.47.